The Morgan fingerprint density at radius 2 is 1.65 bits per heavy atom. The summed E-state index contributed by atoms with van der Waals surface area (Å²) in [5.74, 6) is -0.215. The summed E-state index contributed by atoms with van der Waals surface area (Å²) >= 11 is 0. The first-order valence-electron chi connectivity index (χ1n) is 11.6. The van der Waals surface area contributed by atoms with Crippen LogP contribution in [-0.4, -0.2) is 57.5 Å². The first-order chi connectivity index (χ1) is 16.3. The molecule has 1 saturated heterocycles. The number of nitrogens with zero attached hydrogens (tertiary/aromatic N) is 1. The Bertz CT molecular complexity index is 1050. The van der Waals surface area contributed by atoms with Crippen molar-refractivity contribution in [2.24, 2.45) is 5.92 Å². The number of ether oxygens (including phenoxy) is 2. The van der Waals surface area contributed by atoms with E-state index >= 15 is 0 Å². The summed E-state index contributed by atoms with van der Waals surface area (Å²) in [4.78, 5) is 27.1. The SMILES string of the molecule is CCOC(=O)C1CCN(C(=O)[C@@H](Cc2ccccc2)NS(=O)(=O)c2ccc(OCC)cc2)CC1. The third kappa shape index (κ3) is 6.80. The van der Waals surface area contributed by atoms with Crippen molar-refractivity contribution in [3.05, 3.63) is 60.2 Å². The molecule has 1 fully saturated rings. The van der Waals surface area contributed by atoms with Gasteiger partial charge in [0.2, 0.25) is 15.9 Å². The molecule has 0 unspecified atom stereocenters. The van der Waals surface area contributed by atoms with E-state index in [4.69, 9.17) is 9.47 Å². The lowest BCUT2D eigenvalue weighted by atomic mass is 9.96. The summed E-state index contributed by atoms with van der Waals surface area (Å²) in [6.45, 7) is 5.16. The van der Waals surface area contributed by atoms with E-state index in [0.717, 1.165) is 5.56 Å². The smallest absolute Gasteiger partial charge is 0.309 e. The number of carbonyl (C=O) groups is 2. The Balaban J connectivity index is 1.76. The topological polar surface area (TPSA) is 102 Å². The molecule has 0 radical (unpaired) electrons. The first-order valence-corrected chi connectivity index (χ1v) is 13.1. The highest BCUT2D eigenvalue weighted by Crippen LogP contribution is 2.21. The molecule has 0 spiro atoms. The van der Waals surface area contributed by atoms with Crippen LogP contribution in [0.3, 0.4) is 0 Å². The molecule has 1 aliphatic rings. The fourth-order valence-electron chi connectivity index (χ4n) is 3.98. The van der Waals surface area contributed by atoms with Crippen molar-refractivity contribution in [3.8, 4) is 5.75 Å². The van der Waals surface area contributed by atoms with E-state index in [1.807, 2.05) is 37.3 Å². The van der Waals surface area contributed by atoms with Gasteiger partial charge >= 0.3 is 5.97 Å². The Morgan fingerprint density at radius 1 is 1.00 bits per heavy atom. The molecular formula is C25H32N2O6S. The monoisotopic (exact) mass is 488 g/mol. The van der Waals surface area contributed by atoms with Crippen LogP contribution in [0, 0.1) is 5.92 Å². The fraction of sp³-hybridized carbons (Fsp3) is 0.440. The van der Waals surface area contributed by atoms with Crippen LogP contribution in [0.5, 0.6) is 5.75 Å². The summed E-state index contributed by atoms with van der Waals surface area (Å²) in [7, 11) is -3.95. The van der Waals surface area contributed by atoms with E-state index in [9.17, 15) is 18.0 Å². The summed E-state index contributed by atoms with van der Waals surface area (Å²) in [5, 5.41) is 0. The number of sulfonamides is 1. The highest BCUT2D eigenvalue weighted by atomic mass is 32.2. The average molecular weight is 489 g/mol. The van der Waals surface area contributed by atoms with Crippen LogP contribution >= 0.6 is 0 Å². The van der Waals surface area contributed by atoms with Crippen molar-refractivity contribution in [3.63, 3.8) is 0 Å². The molecule has 2 aromatic rings. The number of rotatable bonds is 10. The molecule has 34 heavy (non-hydrogen) atoms. The van der Waals surface area contributed by atoms with Gasteiger partial charge in [-0.3, -0.25) is 9.59 Å². The summed E-state index contributed by atoms with van der Waals surface area (Å²) in [6, 6.07) is 14.4. The van der Waals surface area contributed by atoms with Gasteiger partial charge in [0.25, 0.3) is 0 Å². The van der Waals surface area contributed by atoms with Crippen molar-refractivity contribution in [2.45, 2.75) is 44.0 Å². The maximum Gasteiger partial charge on any atom is 0.309 e. The minimum absolute atomic E-state index is 0.0582. The Kier molecular flexibility index (Phi) is 9.06. The lowest BCUT2D eigenvalue weighted by Crippen LogP contribution is -2.52. The molecule has 9 heteroatoms. The number of hydrogen-bond donors (Lipinski definition) is 1. The molecular weight excluding hydrogens is 456 g/mol. The van der Waals surface area contributed by atoms with E-state index in [1.165, 1.54) is 12.1 Å². The number of nitrogens with one attached hydrogen (secondary N) is 1. The molecule has 8 nitrogen and oxygen atoms in total. The zero-order valence-corrected chi connectivity index (χ0v) is 20.4. The molecule has 1 heterocycles. The standard InChI is InChI=1S/C25H32N2O6S/c1-3-32-21-10-12-22(13-11-21)34(30,31)26-23(18-19-8-6-5-7-9-19)24(28)27-16-14-20(15-17-27)25(29)33-4-2/h5-13,20,23,26H,3-4,14-18H2,1-2H3/t23-/m1/s1. The minimum Gasteiger partial charge on any atom is -0.494 e. The van der Waals surface area contributed by atoms with Crippen molar-refractivity contribution in [1.82, 2.24) is 9.62 Å². The maximum atomic E-state index is 13.4. The lowest BCUT2D eigenvalue weighted by Gasteiger charge is -2.33. The Morgan fingerprint density at radius 3 is 2.24 bits per heavy atom. The molecule has 1 atom stereocenters. The molecule has 1 N–H and O–H groups in total. The van der Waals surface area contributed by atoms with Crippen LogP contribution in [0.2, 0.25) is 0 Å². The second kappa shape index (κ2) is 12.0. The third-order valence-electron chi connectivity index (χ3n) is 5.75. The van der Waals surface area contributed by atoms with Crippen LogP contribution in [-0.2, 0) is 30.8 Å². The van der Waals surface area contributed by atoms with Gasteiger partial charge in [-0.2, -0.15) is 4.72 Å². The number of hydrogen-bond acceptors (Lipinski definition) is 6. The van der Waals surface area contributed by atoms with Crippen LogP contribution in [0.1, 0.15) is 32.3 Å². The van der Waals surface area contributed by atoms with Crippen molar-refractivity contribution >= 4 is 21.9 Å². The van der Waals surface area contributed by atoms with Gasteiger partial charge in [0.15, 0.2) is 0 Å². The largest absolute Gasteiger partial charge is 0.494 e. The number of esters is 1. The van der Waals surface area contributed by atoms with Gasteiger partial charge in [-0.05, 0) is 62.9 Å². The lowest BCUT2D eigenvalue weighted by molar-refractivity contribution is -0.151. The van der Waals surface area contributed by atoms with E-state index in [0.29, 0.717) is 44.9 Å². The normalized spacial score (nSPS) is 15.5. The molecule has 0 aliphatic carbocycles. The molecule has 184 valence electrons. The maximum absolute atomic E-state index is 13.4. The number of benzene rings is 2. The molecule has 0 bridgehead atoms. The molecule has 3 rings (SSSR count). The quantitative estimate of drug-likeness (QED) is 0.516. The van der Waals surface area contributed by atoms with Gasteiger partial charge < -0.3 is 14.4 Å². The molecule has 1 amide bonds. The minimum atomic E-state index is -3.95. The summed E-state index contributed by atoms with van der Waals surface area (Å²) in [6.07, 6.45) is 1.20. The van der Waals surface area contributed by atoms with Gasteiger partial charge in [0, 0.05) is 13.1 Å². The third-order valence-corrected chi connectivity index (χ3v) is 7.24. The van der Waals surface area contributed by atoms with Crippen LogP contribution in [0.25, 0.3) is 0 Å². The summed E-state index contributed by atoms with van der Waals surface area (Å²) < 4.78 is 39.3. The molecule has 0 saturated carbocycles. The molecule has 2 aromatic carbocycles. The number of amides is 1. The number of piperidine rings is 1. The predicted molar refractivity (Wildman–Crippen MR) is 128 cm³/mol. The Hall–Kier alpha value is -2.91. The van der Waals surface area contributed by atoms with E-state index in [1.54, 1.807) is 24.0 Å². The van der Waals surface area contributed by atoms with Gasteiger partial charge in [-0.15, -0.1) is 0 Å². The number of likely N-dealkylation sites (tertiary alicyclic amines) is 1. The second-order valence-corrected chi connectivity index (χ2v) is 9.83. The van der Waals surface area contributed by atoms with E-state index in [-0.39, 0.29) is 29.1 Å². The zero-order chi connectivity index (χ0) is 24.6. The number of carbonyl (C=O) groups excluding carboxylic acids is 2. The molecule has 0 aromatic heterocycles. The van der Waals surface area contributed by atoms with Gasteiger partial charge in [-0.25, -0.2) is 8.42 Å². The van der Waals surface area contributed by atoms with Gasteiger partial charge in [-0.1, -0.05) is 30.3 Å². The van der Waals surface area contributed by atoms with Gasteiger partial charge in [0.1, 0.15) is 11.8 Å². The highest BCUT2D eigenvalue weighted by Gasteiger charge is 2.33. The van der Waals surface area contributed by atoms with Crippen LogP contribution in [0.4, 0.5) is 0 Å². The fourth-order valence-corrected chi connectivity index (χ4v) is 5.17. The summed E-state index contributed by atoms with van der Waals surface area (Å²) in [5.41, 5.74) is 0.844. The highest BCUT2D eigenvalue weighted by molar-refractivity contribution is 7.89. The zero-order valence-electron chi connectivity index (χ0n) is 19.6. The van der Waals surface area contributed by atoms with Gasteiger partial charge in [0.05, 0.1) is 24.0 Å². The average Bonchev–Trinajstić information content (AvgIpc) is 2.84. The second-order valence-electron chi connectivity index (χ2n) is 8.12. The van der Waals surface area contributed by atoms with Crippen LogP contribution in [0.15, 0.2) is 59.5 Å². The predicted octanol–water partition coefficient (Wildman–Crippen LogP) is 2.78. The van der Waals surface area contributed by atoms with E-state index in [2.05, 4.69) is 4.72 Å². The van der Waals surface area contributed by atoms with Crippen molar-refractivity contribution in [1.29, 1.82) is 0 Å². The Labute approximate surface area is 201 Å². The molecule has 1 aliphatic heterocycles. The first kappa shape index (κ1) is 25.7. The van der Waals surface area contributed by atoms with E-state index < -0.39 is 16.1 Å². The van der Waals surface area contributed by atoms with Crippen LogP contribution < -0.4 is 9.46 Å². The van der Waals surface area contributed by atoms with Crippen molar-refractivity contribution in [2.75, 3.05) is 26.3 Å². The van der Waals surface area contributed by atoms with Crippen molar-refractivity contribution < 1.29 is 27.5 Å².